The highest BCUT2D eigenvalue weighted by Crippen LogP contribution is 2.34. The number of fused-ring (bicyclic) bond motifs is 1. The summed E-state index contributed by atoms with van der Waals surface area (Å²) in [6, 6.07) is 9.85. The summed E-state index contributed by atoms with van der Waals surface area (Å²) >= 11 is 0. The molecule has 1 amide bonds. The molecule has 0 radical (unpaired) electrons. The molecule has 0 aliphatic rings. The van der Waals surface area contributed by atoms with Gasteiger partial charge in [0.2, 0.25) is 5.91 Å². The van der Waals surface area contributed by atoms with Gasteiger partial charge in [-0.15, -0.1) is 0 Å². The maximum atomic E-state index is 14.5. The minimum atomic E-state index is -1.20. The van der Waals surface area contributed by atoms with Crippen LogP contribution in [0.3, 0.4) is 0 Å². The number of aromatic amines is 1. The van der Waals surface area contributed by atoms with Crippen LogP contribution < -0.4 is 14.8 Å². The van der Waals surface area contributed by atoms with Gasteiger partial charge < -0.3 is 24.9 Å². The van der Waals surface area contributed by atoms with Gasteiger partial charge >= 0.3 is 0 Å². The first-order chi connectivity index (χ1) is 13.4. The number of rotatable bonds is 7. The Morgan fingerprint density at radius 3 is 2.50 bits per heavy atom. The molecule has 0 bridgehead atoms. The highest BCUT2D eigenvalue weighted by Gasteiger charge is 2.23. The van der Waals surface area contributed by atoms with Crippen molar-refractivity contribution in [2.75, 3.05) is 20.8 Å². The van der Waals surface area contributed by atoms with Crippen molar-refractivity contribution in [2.24, 2.45) is 0 Å². The minimum absolute atomic E-state index is 0.138. The molecule has 0 spiro atoms. The molecule has 28 heavy (non-hydrogen) atoms. The van der Waals surface area contributed by atoms with E-state index in [1.54, 1.807) is 19.2 Å². The zero-order valence-corrected chi connectivity index (χ0v) is 16.0. The lowest BCUT2D eigenvalue weighted by Crippen LogP contribution is -2.22. The summed E-state index contributed by atoms with van der Waals surface area (Å²) in [5, 5.41) is 14.5. The Bertz CT molecular complexity index is 999. The molecule has 0 saturated heterocycles. The molecule has 1 atom stereocenters. The number of halogens is 1. The fraction of sp³-hybridized carbons (Fsp3) is 0.286. The lowest BCUT2D eigenvalue weighted by molar-refractivity contribution is -0.118. The number of carbonyl (C=O) groups is 1. The molecule has 3 N–H and O–H groups in total. The Morgan fingerprint density at radius 2 is 1.86 bits per heavy atom. The fourth-order valence-electron chi connectivity index (χ4n) is 3.25. The number of aliphatic hydroxyl groups excluding tert-OH is 1. The van der Waals surface area contributed by atoms with Gasteiger partial charge in [0.05, 0.1) is 19.9 Å². The van der Waals surface area contributed by atoms with Gasteiger partial charge in [-0.1, -0.05) is 0 Å². The number of carbonyl (C=O) groups excluding carboxylic acids is 1. The van der Waals surface area contributed by atoms with E-state index < -0.39 is 11.9 Å². The van der Waals surface area contributed by atoms with E-state index in [0.29, 0.717) is 30.2 Å². The first-order valence-corrected chi connectivity index (χ1v) is 8.89. The summed E-state index contributed by atoms with van der Waals surface area (Å²) in [6.07, 6.45) is -0.728. The monoisotopic (exact) mass is 386 g/mol. The van der Waals surface area contributed by atoms with Crippen LogP contribution in [-0.2, 0) is 11.2 Å². The number of benzene rings is 2. The van der Waals surface area contributed by atoms with Crippen LogP contribution in [0.1, 0.15) is 29.8 Å². The van der Waals surface area contributed by atoms with Crippen molar-refractivity contribution in [3.05, 3.63) is 59.0 Å². The van der Waals surface area contributed by atoms with Crippen LogP contribution >= 0.6 is 0 Å². The number of hydrogen-bond acceptors (Lipinski definition) is 4. The van der Waals surface area contributed by atoms with E-state index >= 15 is 0 Å². The number of aromatic nitrogens is 1. The molecule has 2 aromatic carbocycles. The molecule has 7 heteroatoms. The van der Waals surface area contributed by atoms with Crippen LogP contribution in [0, 0.1) is 5.82 Å². The Kier molecular flexibility index (Phi) is 5.84. The summed E-state index contributed by atoms with van der Waals surface area (Å²) in [6.45, 7) is 1.84. The molecule has 3 aromatic rings. The molecule has 3 rings (SSSR count). The van der Waals surface area contributed by atoms with Crippen molar-refractivity contribution in [3.8, 4) is 11.5 Å². The van der Waals surface area contributed by atoms with Gasteiger partial charge in [0, 0.05) is 36.0 Å². The van der Waals surface area contributed by atoms with Gasteiger partial charge in [-0.3, -0.25) is 4.79 Å². The summed E-state index contributed by atoms with van der Waals surface area (Å²) in [5.74, 6) is 0.348. The number of nitrogens with one attached hydrogen (secondary N) is 2. The Hall–Kier alpha value is -3.06. The van der Waals surface area contributed by atoms with Gasteiger partial charge in [0.1, 0.15) is 23.4 Å². The van der Waals surface area contributed by atoms with E-state index in [-0.39, 0.29) is 11.5 Å². The highest BCUT2D eigenvalue weighted by atomic mass is 19.1. The van der Waals surface area contributed by atoms with E-state index in [2.05, 4.69) is 10.3 Å². The van der Waals surface area contributed by atoms with Crippen LogP contribution in [0.5, 0.6) is 11.5 Å². The fourth-order valence-corrected chi connectivity index (χ4v) is 3.25. The quantitative estimate of drug-likeness (QED) is 0.583. The van der Waals surface area contributed by atoms with Gasteiger partial charge in [0.15, 0.2) is 0 Å². The summed E-state index contributed by atoms with van der Waals surface area (Å²) in [7, 11) is 3.03. The summed E-state index contributed by atoms with van der Waals surface area (Å²) in [4.78, 5) is 14.4. The SMILES string of the molecule is COc1ccc(C(O)c2[nH]c3ccc(OC)cc3c2CCNC(C)=O)c(F)c1. The van der Waals surface area contributed by atoms with Crippen LogP contribution in [0.15, 0.2) is 36.4 Å². The summed E-state index contributed by atoms with van der Waals surface area (Å²) < 4.78 is 24.8. The smallest absolute Gasteiger partial charge is 0.216 e. The Balaban J connectivity index is 2.06. The number of amides is 1. The third kappa shape index (κ3) is 3.94. The van der Waals surface area contributed by atoms with E-state index in [9.17, 15) is 14.3 Å². The molecule has 6 nitrogen and oxygen atoms in total. The molecule has 148 valence electrons. The highest BCUT2D eigenvalue weighted by molar-refractivity contribution is 5.86. The van der Waals surface area contributed by atoms with Crippen LogP contribution in [0.25, 0.3) is 10.9 Å². The minimum Gasteiger partial charge on any atom is -0.497 e. The van der Waals surface area contributed by atoms with E-state index in [1.165, 1.54) is 26.2 Å². The number of H-pyrrole nitrogens is 1. The number of ether oxygens (including phenoxy) is 2. The summed E-state index contributed by atoms with van der Waals surface area (Å²) in [5.41, 5.74) is 2.21. The molecule has 0 fully saturated rings. The van der Waals surface area contributed by atoms with Crippen molar-refractivity contribution >= 4 is 16.8 Å². The average molecular weight is 386 g/mol. The molecule has 1 unspecified atom stereocenters. The molecule has 1 aromatic heterocycles. The normalized spacial score (nSPS) is 12.0. The molecule has 0 saturated carbocycles. The van der Waals surface area contributed by atoms with Crippen LogP contribution in [0.4, 0.5) is 4.39 Å². The Morgan fingerprint density at radius 1 is 1.18 bits per heavy atom. The predicted molar refractivity (Wildman–Crippen MR) is 104 cm³/mol. The number of aliphatic hydroxyl groups is 1. The molecular weight excluding hydrogens is 363 g/mol. The second-order valence-corrected chi connectivity index (χ2v) is 6.45. The molecule has 0 aliphatic carbocycles. The van der Waals surface area contributed by atoms with E-state index in [1.807, 2.05) is 12.1 Å². The number of hydrogen-bond donors (Lipinski definition) is 3. The van der Waals surface area contributed by atoms with Gasteiger partial charge in [-0.05, 0) is 42.3 Å². The Labute approximate surface area is 162 Å². The van der Waals surface area contributed by atoms with Gasteiger partial charge in [0.25, 0.3) is 0 Å². The third-order valence-electron chi connectivity index (χ3n) is 4.67. The maximum absolute atomic E-state index is 14.5. The van der Waals surface area contributed by atoms with Crippen molar-refractivity contribution in [1.82, 2.24) is 10.3 Å². The van der Waals surface area contributed by atoms with Crippen LogP contribution in [0.2, 0.25) is 0 Å². The number of methoxy groups -OCH3 is 2. The standard InChI is InChI=1S/C21H23FN2O4/c1-12(25)23-9-8-15-17-10-13(27-2)5-7-19(17)24-20(15)21(26)16-6-4-14(28-3)11-18(16)22/h4-7,10-11,21,24,26H,8-9H2,1-3H3,(H,23,25). The maximum Gasteiger partial charge on any atom is 0.216 e. The first-order valence-electron chi connectivity index (χ1n) is 8.89. The molecular formula is C21H23FN2O4. The lowest BCUT2D eigenvalue weighted by atomic mass is 9.99. The van der Waals surface area contributed by atoms with Gasteiger partial charge in [-0.2, -0.15) is 0 Å². The lowest BCUT2D eigenvalue weighted by Gasteiger charge is -2.14. The van der Waals surface area contributed by atoms with Crippen molar-refractivity contribution in [3.63, 3.8) is 0 Å². The zero-order valence-electron chi connectivity index (χ0n) is 16.0. The predicted octanol–water partition coefficient (Wildman–Crippen LogP) is 3.08. The third-order valence-corrected chi connectivity index (χ3v) is 4.67. The molecule has 1 heterocycles. The van der Waals surface area contributed by atoms with E-state index in [0.717, 1.165) is 16.5 Å². The second-order valence-electron chi connectivity index (χ2n) is 6.45. The topological polar surface area (TPSA) is 83.6 Å². The largest absolute Gasteiger partial charge is 0.497 e. The zero-order chi connectivity index (χ0) is 20.3. The van der Waals surface area contributed by atoms with Gasteiger partial charge in [-0.25, -0.2) is 4.39 Å². The average Bonchev–Trinajstić information content (AvgIpc) is 3.04. The van der Waals surface area contributed by atoms with Crippen molar-refractivity contribution < 1.29 is 23.8 Å². The van der Waals surface area contributed by atoms with Crippen molar-refractivity contribution in [2.45, 2.75) is 19.4 Å². The van der Waals surface area contributed by atoms with Crippen molar-refractivity contribution in [1.29, 1.82) is 0 Å². The van der Waals surface area contributed by atoms with Crippen LogP contribution in [-0.4, -0.2) is 36.8 Å². The molecule has 0 aliphatic heterocycles. The first kappa shape index (κ1) is 19.7. The second kappa shape index (κ2) is 8.31. The van der Waals surface area contributed by atoms with E-state index in [4.69, 9.17) is 9.47 Å².